The number of rotatable bonds is 6. The van der Waals surface area contributed by atoms with Gasteiger partial charge >= 0.3 is 5.97 Å². The molecule has 0 aliphatic heterocycles. The van der Waals surface area contributed by atoms with Crippen LogP contribution >= 0.6 is 0 Å². The molecule has 0 saturated heterocycles. The molecule has 6 nitrogen and oxygen atoms in total. The zero-order valence-electron chi connectivity index (χ0n) is 10.4. The number of pyridine rings is 1. The molecule has 1 amide bonds. The highest BCUT2D eigenvalue weighted by atomic mass is 16.5. The van der Waals surface area contributed by atoms with Crippen LogP contribution < -0.4 is 4.90 Å². The van der Waals surface area contributed by atoms with Crippen LogP contribution in [0.2, 0.25) is 0 Å². The van der Waals surface area contributed by atoms with Gasteiger partial charge < -0.3 is 9.84 Å². The van der Waals surface area contributed by atoms with Crippen molar-refractivity contribution in [3.05, 3.63) is 23.9 Å². The van der Waals surface area contributed by atoms with Crippen LogP contribution in [0, 0.1) is 6.92 Å². The van der Waals surface area contributed by atoms with Gasteiger partial charge in [0.2, 0.25) is 0 Å². The lowest BCUT2D eigenvalue weighted by atomic mass is 10.2. The van der Waals surface area contributed by atoms with Crippen molar-refractivity contribution in [1.82, 2.24) is 4.98 Å². The van der Waals surface area contributed by atoms with Crippen molar-refractivity contribution >= 4 is 17.7 Å². The van der Waals surface area contributed by atoms with Crippen molar-refractivity contribution in [1.29, 1.82) is 0 Å². The van der Waals surface area contributed by atoms with Crippen LogP contribution in [0.5, 0.6) is 0 Å². The summed E-state index contributed by atoms with van der Waals surface area (Å²) in [5, 5.41) is 8.69. The average Bonchev–Trinajstić information content (AvgIpc) is 2.29. The van der Waals surface area contributed by atoms with Crippen molar-refractivity contribution in [2.45, 2.75) is 13.3 Å². The minimum Gasteiger partial charge on any atom is -0.481 e. The van der Waals surface area contributed by atoms with Crippen LogP contribution in [0.4, 0.5) is 5.82 Å². The van der Waals surface area contributed by atoms with E-state index in [4.69, 9.17) is 9.84 Å². The Balaban J connectivity index is 2.88. The molecule has 1 aromatic heterocycles. The Morgan fingerprint density at radius 1 is 1.50 bits per heavy atom. The fourth-order valence-electron chi connectivity index (χ4n) is 1.44. The van der Waals surface area contributed by atoms with E-state index in [-0.39, 0.29) is 25.5 Å². The second-order valence-corrected chi connectivity index (χ2v) is 3.81. The lowest BCUT2D eigenvalue weighted by Crippen LogP contribution is -2.36. The van der Waals surface area contributed by atoms with Gasteiger partial charge in [0.1, 0.15) is 12.4 Å². The lowest BCUT2D eigenvalue weighted by Gasteiger charge is -2.20. The van der Waals surface area contributed by atoms with Crippen molar-refractivity contribution < 1.29 is 19.4 Å². The molecule has 0 saturated carbocycles. The van der Waals surface area contributed by atoms with Crippen molar-refractivity contribution in [3.8, 4) is 0 Å². The Bertz CT molecular complexity index is 434. The maximum absolute atomic E-state index is 11.8. The first-order valence-electron chi connectivity index (χ1n) is 5.48. The number of anilines is 1. The van der Waals surface area contributed by atoms with E-state index in [1.54, 1.807) is 18.3 Å². The molecule has 0 fully saturated rings. The van der Waals surface area contributed by atoms with E-state index in [9.17, 15) is 9.59 Å². The maximum atomic E-state index is 11.8. The molecule has 0 atom stereocenters. The molecule has 0 spiro atoms. The highest BCUT2D eigenvalue weighted by Crippen LogP contribution is 2.13. The SMILES string of the molecule is COCC(=O)N(CCC(=O)O)c1cc(C)ccn1. The number of hydrogen-bond acceptors (Lipinski definition) is 4. The van der Waals surface area contributed by atoms with E-state index < -0.39 is 5.97 Å². The molecule has 0 bridgehead atoms. The summed E-state index contributed by atoms with van der Waals surface area (Å²) in [5.74, 6) is -0.826. The van der Waals surface area contributed by atoms with Crippen LogP contribution in [0.3, 0.4) is 0 Å². The first-order valence-corrected chi connectivity index (χ1v) is 5.48. The number of aromatic nitrogens is 1. The van der Waals surface area contributed by atoms with E-state index >= 15 is 0 Å². The first-order chi connectivity index (χ1) is 8.54. The quantitative estimate of drug-likeness (QED) is 0.811. The summed E-state index contributed by atoms with van der Waals surface area (Å²) in [6, 6.07) is 3.54. The van der Waals surface area contributed by atoms with Crippen LogP contribution in [-0.2, 0) is 14.3 Å². The third-order valence-corrected chi connectivity index (χ3v) is 2.30. The summed E-state index contributed by atoms with van der Waals surface area (Å²) >= 11 is 0. The minimum atomic E-state index is -0.960. The number of carbonyl (C=O) groups excluding carboxylic acids is 1. The largest absolute Gasteiger partial charge is 0.481 e. The molecule has 0 unspecified atom stereocenters. The van der Waals surface area contributed by atoms with E-state index in [1.165, 1.54) is 12.0 Å². The van der Waals surface area contributed by atoms with E-state index in [1.807, 2.05) is 6.92 Å². The zero-order valence-corrected chi connectivity index (χ0v) is 10.4. The number of carboxylic acids is 1. The van der Waals surface area contributed by atoms with E-state index in [0.29, 0.717) is 5.82 Å². The fourth-order valence-corrected chi connectivity index (χ4v) is 1.44. The smallest absolute Gasteiger partial charge is 0.305 e. The standard InChI is InChI=1S/C12H16N2O4/c1-9-3-5-13-10(7-9)14(6-4-12(16)17)11(15)8-18-2/h3,5,7H,4,6,8H2,1-2H3,(H,16,17). The fraction of sp³-hybridized carbons (Fsp3) is 0.417. The number of hydrogen-bond donors (Lipinski definition) is 1. The first kappa shape index (κ1) is 14.1. The third kappa shape index (κ3) is 4.14. The monoisotopic (exact) mass is 252 g/mol. The van der Waals surface area contributed by atoms with Gasteiger partial charge in [-0.3, -0.25) is 14.5 Å². The second-order valence-electron chi connectivity index (χ2n) is 3.81. The van der Waals surface area contributed by atoms with Gasteiger partial charge in [0.05, 0.1) is 6.42 Å². The topological polar surface area (TPSA) is 79.7 Å². The predicted molar refractivity (Wildman–Crippen MR) is 65.5 cm³/mol. The molecule has 0 radical (unpaired) electrons. The average molecular weight is 252 g/mol. The van der Waals surface area contributed by atoms with Crippen LogP contribution in [-0.4, -0.2) is 42.2 Å². The minimum absolute atomic E-state index is 0.0774. The molecule has 18 heavy (non-hydrogen) atoms. The molecular formula is C12H16N2O4. The summed E-state index contributed by atoms with van der Waals surface area (Å²) in [6.07, 6.45) is 1.45. The third-order valence-electron chi connectivity index (χ3n) is 2.30. The molecular weight excluding hydrogens is 236 g/mol. The Morgan fingerprint density at radius 2 is 2.22 bits per heavy atom. The van der Waals surface area contributed by atoms with Crippen molar-refractivity contribution in [2.75, 3.05) is 25.2 Å². The van der Waals surface area contributed by atoms with Gasteiger partial charge in [0, 0.05) is 19.9 Å². The van der Waals surface area contributed by atoms with Gasteiger partial charge in [-0.15, -0.1) is 0 Å². The zero-order chi connectivity index (χ0) is 13.5. The number of aryl methyl sites for hydroxylation is 1. The van der Waals surface area contributed by atoms with Gasteiger partial charge in [-0.25, -0.2) is 4.98 Å². The molecule has 98 valence electrons. The Kier molecular flexibility index (Phi) is 5.26. The van der Waals surface area contributed by atoms with Gasteiger partial charge in [-0.05, 0) is 24.6 Å². The molecule has 1 aromatic rings. The number of amides is 1. The van der Waals surface area contributed by atoms with Crippen LogP contribution in [0.15, 0.2) is 18.3 Å². The van der Waals surface area contributed by atoms with E-state index in [2.05, 4.69) is 4.98 Å². The van der Waals surface area contributed by atoms with Crippen molar-refractivity contribution in [2.24, 2.45) is 0 Å². The highest BCUT2D eigenvalue weighted by Gasteiger charge is 2.17. The van der Waals surface area contributed by atoms with E-state index in [0.717, 1.165) is 5.56 Å². The molecule has 1 N–H and O–H groups in total. The summed E-state index contributed by atoms with van der Waals surface area (Å²) in [5.41, 5.74) is 0.950. The molecule has 0 aliphatic carbocycles. The van der Waals surface area contributed by atoms with Gasteiger partial charge in [0.25, 0.3) is 5.91 Å². The predicted octanol–water partition coefficient (Wildman–Crippen LogP) is 0.844. The molecule has 1 rings (SSSR count). The number of ether oxygens (including phenoxy) is 1. The summed E-state index contributed by atoms with van der Waals surface area (Å²) in [6.45, 7) is 1.85. The molecule has 0 aromatic carbocycles. The van der Waals surface area contributed by atoms with Gasteiger partial charge in [-0.2, -0.15) is 0 Å². The molecule has 6 heteroatoms. The van der Waals surface area contributed by atoms with Crippen LogP contribution in [0.1, 0.15) is 12.0 Å². The molecule has 0 aliphatic rings. The number of aliphatic carboxylic acids is 1. The maximum Gasteiger partial charge on any atom is 0.305 e. The van der Waals surface area contributed by atoms with Gasteiger partial charge in [0.15, 0.2) is 0 Å². The number of carbonyl (C=O) groups is 2. The Labute approximate surface area is 105 Å². The number of methoxy groups -OCH3 is 1. The molecule has 1 heterocycles. The second kappa shape index (κ2) is 6.70. The Morgan fingerprint density at radius 3 is 2.78 bits per heavy atom. The van der Waals surface area contributed by atoms with Gasteiger partial charge in [-0.1, -0.05) is 0 Å². The lowest BCUT2D eigenvalue weighted by molar-refractivity contribution is -0.136. The Hall–Kier alpha value is -1.95. The summed E-state index contributed by atoms with van der Waals surface area (Å²) in [4.78, 5) is 27.8. The highest BCUT2D eigenvalue weighted by molar-refractivity contribution is 5.93. The number of nitrogens with zero attached hydrogens (tertiary/aromatic N) is 2. The summed E-state index contributed by atoms with van der Waals surface area (Å²) in [7, 11) is 1.41. The van der Waals surface area contributed by atoms with Crippen molar-refractivity contribution in [3.63, 3.8) is 0 Å². The summed E-state index contributed by atoms with van der Waals surface area (Å²) < 4.78 is 4.78. The number of carboxylic acid groups (broad SMARTS) is 1. The normalized spacial score (nSPS) is 10.1. The van der Waals surface area contributed by atoms with Crippen LogP contribution in [0.25, 0.3) is 0 Å².